The van der Waals surface area contributed by atoms with Crippen LogP contribution in [0.15, 0.2) is 54.6 Å². The zero-order chi connectivity index (χ0) is 20.1. The molecular weight excluding hydrogens is 368 g/mol. The van der Waals surface area contributed by atoms with Gasteiger partial charge in [-0.15, -0.1) is 0 Å². The van der Waals surface area contributed by atoms with Gasteiger partial charge < -0.3 is 4.74 Å². The highest BCUT2D eigenvalue weighted by Gasteiger charge is 2.64. The highest BCUT2D eigenvalue weighted by atomic mass is 16.5. The zero-order valence-electron chi connectivity index (χ0n) is 16.2. The molecule has 5 rings (SSSR count). The molecule has 0 radical (unpaired) electrons. The van der Waals surface area contributed by atoms with Gasteiger partial charge in [-0.05, 0) is 43.7 Å². The molecule has 0 aliphatic carbocycles. The molecule has 0 saturated carbocycles. The molecule has 6 heteroatoms. The summed E-state index contributed by atoms with van der Waals surface area (Å²) < 4.78 is 5.17. The van der Waals surface area contributed by atoms with Gasteiger partial charge in [0.05, 0.1) is 30.7 Å². The molecule has 2 amide bonds. The average molecular weight is 390 g/mol. The van der Waals surface area contributed by atoms with E-state index in [9.17, 15) is 14.4 Å². The Morgan fingerprint density at radius 2 is 1.66 bits per heavy atom. The predicted molar refractivity (Wildman–Crippen MR) is 107 cm³/mol. The molecule has 3 fully saturated rings. The Balaban J connectivity index is 1.53. The smallest absolute Gasteiger partial charge is 0.239 e. The first-order valence-electron chi connectivity index (χ1n) is 9.98. The van der Waals surface area contributed by atoms with Gasteiger partial charge in [-0.25, -0.2) is 4.90 Å². The topological polar surface area (TPSA) is 66.9 Å². The Labute approximate surface area is 169 Å². The number of carbonyl (C=O) groups is 3. The van der Waals surface area contributed by atoms with Gasteiger partial charge in [0.25, 0.3) is 0 Å². The molecule has 3 aliphatic rings. The number of hydrogen-bond donors (Lipinski definition) is 0. The molecule has 0 spiro atoms. The predicted octanol–water partition coefficient (Wildman–Crippen LogP) is 2.53. The van der Waals surface area contributed by atoms with Crippen LogP contribution in [0.5, 0.6) is 5.75 Å². The lowest BCUT2D eigenvalue weighted by atomic mass is 9.85. The summed E-state index contributed by atoms with van der Waals surface area (Å²) in [5.74, 6) is -0.943. The highest BCUT2D eigenvalue weighted by molar-refractivity contribution is 6.24. The molecule has 3 aliphatic heterocycles. The summed E-state index contributed by atoms with van der Waals surface area (Å²) in [7, 11) is 1.57. The third-order valence-corrected chi connectivity index (χ3v) is 6.51. The minimum atomic E-state index is -0.623. The van der Waals surface area contributed by atoms with Gasteiger partial charge in [0.2, 0.25) is 11.8 Å². The number of anilines is 1. The van der Waals surface area contributed by atoms with Gasteiger partial charge in [-0.1, -0.05) is 30.3 Å². The van der Waals surface area contributed by atoms with Crippen molar-refractivity contribution in [1.29, 1.82) is 0 Å². The summed E-state index contributed by atoms with van der Waals surface area (Å²) in [4.78, 5) is 43.5. The fourth-order valence-corrected chi connectivity index (χ4v) is 5.27. The van der Waals surface area contributed by atoms with Gasteiger partial charge in [-0.3, -0.25) is 19.3 Å². The lowest BCUT2D eigenvalue weighted by Crippen LogP contribution is -2.46. The van der Waals surface area contributed by atoms with Crippen molar-refractivity contribution < 1.29 is 19.1 Å². The van der Waals surface area contributed by atoms with Gasteiger partial charge in [0, 0.05) is 11.6 Å². The number of methoxy groups -OCH3 is 1. The van der Waals surface area contributed by atoms with Crippen LogP contribution in [0.1, 0.15) is 23.2 Å². The average Bonchev–Trinajstić information content (AvgIpc) is 3.40. The number of Topliss-reactive ketones (excluding diaryl/α,β-unsaturated/α-hetero) is 1. The first-order chi connectivity index (χ1) is 14.1. The Hall–Kier alpha value is -2.99. The number of hydrogen-bond acceptors (Lipinski definition) is 5. The quantitative estimate of drug-likeness (QED) is 0.593. The zero-order valence-corrected chi connectivity index (χ0v) is 16.2. The summed E-state index contributed by atoms with van der Waals surface area (Å²) in [5.41, 5.74) is 1.12. The summed E-state index contributed by atoms with van der Waals surface area (Å²) in [6.45, 7) is 0.754. The Morgan fingerprint density at radius 1 is 0.966 bits per heavy atom. The highest BCUT2D eigenvalue weighted by Crippen LogP contribution is 2.48. The molecular formula is C23H22N2O4. The first kappa shape index (κ1) is 18.1. The molecule has 0 aromatic heterocycles. The van der Waals surface area contributed by atoms with E-state index >= 15 is 0 Å². The third kappa shape index (κ3) is 2.63. The van der Waals surface area contributed by atoms with Crippen molar-refractivity contribution in [3.05, 3.63) is 60.2 Å². The molecule has 0 bridgehead atoms. The number of imide groups is 1. The SMILES string of the molecule is COc1ccc(N2C(=O)[C@@H]3[C@H](C2=O)[C@@H](C(=O)c2ccccc2)N2CCC[C@H]32)cc1. The van der Waals surface area contributed by atoms with Crippen molar-refractivity contribution in [2.45, 2.75) is 24.9 Å². The van der Waals surface area contributed by atoms with Crippen LogP contribution in [0.3, 0.4) is 0 Å². The lowest BCUT2D eigenvalue weighted by molar-refractivity contribution is -0.123. The van der Waals surface area contributed by atoms with Gasteiger partial charge in [-0.2, -0.15) is 0 Å². The Morgan fingerprint density at radius 3 is 2.34 bits per heavy atom. The standard InChI is InChI=1S/C23H22N2O4/c1-29-16-11-9-15(10-12-16)25-22(27)18-17-8-5-13-24(17)20(19(18)23(25)28)21(26)14-6-3-2-4-7-14/h2-4,6-7,9-12,17-20H,5,8,13H2,1H3/t17-,18+,19+,20+/m1/s1. The number of benzene rings is 2. The molecule has 0 N–H and O–H groups in total. The lowest BCUT2D eigenvalue weighted by Gasteiger charge is -2.27. The van der Waals surface area contributed by atoms with Crippen molar-refractivity contribution in [1.82, 2.24) is 4.90 Å². The van der Waals surface area contributed by atoms with E-state index in [2.05, 4.69) is 4.90 Å². The molecule has 3 heterocycles. The second-order valence-corrected chi connectivity index (χ2v) is 7.88. The van der Waals surface area contributed by atoms with Crippen LogP contribution >= 0.6 is 0 Å². The number of carbonyl (C=O) groups excluding carboxylic acids is 3. The molecule has 2 aromatic rings. The number of ketones is 1. The van der Waals surface area contributed by atoms with Crippen LogP contribution < -0.4 is 9.64 Å². The molecule has 148 valence electrons. The monoisotopic (exact) mass is 390 g/mol. The largest absolute Gasteiger partial charge is 0.497 e. The van der Waals surface area contributed by atoms with Crippen molar-refractivity contribution in [3.8, 4) is 5.75 Å². The van der Waals surface area contributed by atoms with E-state index < -0.39 is 17.9 Å². The maximum atomic E-state index is 13.4. The molecule has 6 nitrogen and oxygen atoms in total. The van der Waals surface area contributed by atoms with Crippen LogP contribution in [-0.2, 0) is 9.59 Å². The summed E-state index contributed by atoms with van der Waals surface area (Å²) in [6.07, 6.45) is 1.78. The second-order valence-electron chi connectivity index (χ2n) is 7.88. The van der Waals surface area contributed by atoms with Gasteiger partial charge >= 0.3 is 0 Å². The molecule has 2 aromatic carbocycles. The van der Waals surface area contributed by atoms with Crippen molar-refractivity contribution in [3.63, 3.8) is 0 Å². The summed E-state index contributed by atoms with van der Waals surface area (Å²) >= 11 is 0. The fraction of sp³-hybridized carbons (Fsp3) is 0.348. The van der Waals surface area contributed by atoms with E-state index in [-0.39, 0.29) is 23.6 Å². The number of nitrogens with zero attached hydrogens (tertiary/aromatic N) is 2. The third-order valence-electron chi connectivity index (χ3n) is 6.51. The van der Waals surface area contributed by atoms with Crippen LogP contribution in [-0.4, -0.2) is 48.2 Å². The van der Waals surface area contributed by atoms with Crippen molar-refractivity contribution in [2.75, 3.05) is 18.6 Å². The van der Waals surface area contributed by atoms with E-state index in [1.54, 1.807) is 43.5 Å². The van der Waals surface area contributed by atoms with E-state index in [0.717, 1.165) is 19.4 Å². The number of fused-ring (bicyclic) bond motifs is 3. The maximum Gasteiger partial charge on any atom is 0.239 e. The Bertz CT molecular complexity index is 972. The van der Waals surface area contributed by atoms with Crippen molar-refractivity contribution >= 4 is 23.3 Å². The van der Waals surface area contributed by atoms with Crippen LogP contribution in [0, 0.1) is 11.8 Å². The van der Waals surface area contributed by atoms with Crippen LogP contribution in [0.2, 0.25) is 0 Å². The molecule has 0 unspecified atom stereocenters. The molecule has 4 atom stereocenters. The van der Waals surface area contributed by atoms with E-state index in [1.807, 2.05) is 18.2 Å². The minimum Gasteiger partial charge on any atom is -0.497 e. The Kier molecular flexibility index (Phi) is 4.24. The van der Waals surface area contributed by atoms with Gasteiger partial charge in [0.15, 0.2) is 5.78 Å². The number of amides is 2. The van der Waals surface area contributed by atoms with Crippen LogP contribution in [0.25, 0.3) is 0 Å². The van der Waals surface area contributed by atoms with Gasteiger partial charge in [0.1, 0.15) is 5.75 Å². The summed E-state index contributed by atoms with van der Waals surface area (Å²) in [5, 5.41) is 0. The van der Waals surface area contributed by atoms with Crippen molar-refractivity contribution in [2.24, 2.45) is 11.8 Å². The molecule has 29 heavy (non-hydrogen) atoms. The minimum absolute atomic E-state index is 0.0441. The van der Waals surface area contributed by atoms with E-state index in [0.29, 0.717) is 17.0 Å². The molecule has 3 saturated heterocycles. The fourth-order valence-electron chi connectivity index (χ4n) is 5.27. The van der Waals surface area contributed by atoms with E-state index in [1.165, 1.54) is 4.90 Å². The normalized spacial score (nSPS) is 28.5. The number of rotatable bonds is 4. The van der Waals surface area contributed by atoms with Crippen LogP contribution in [0.4, 0.5) is 5.69 Å². The number of ether oxygens (including phenoxy) is 1. The maximum absolute atomic E-state index is 13.4. The van der Waals surface area contributed by atoms with E-state index in [4.69, 9.17) is 4.74 Å². The first-order valence-corrected chi connectivity index (χ1v) is 9.98. The second kappa shape index (κ2) is 6.81. The summed E-state index contributed by atoms with van der Waals surface area (Å²) in [6, 6.07) is 15.4.